The molecule has 2 fully saturated rings. The summed E-state index contributed by atoms with van der Waals surface area (Å²) in [6.45, 7) is 3.48. The van der Waals surface area contributed by atoms with E-state index in [-0.39, 0.29) is 0 Å². The van der Waals surface area contributed by atoms with E-state index >= 15 is 0 Å². The number of rotatable bonds is 4. The molecule has 1 atom stereocenters. The average molecular weight is 253 g/mol. The maximum absolute atomic E-state index is 5.74. The molecule has 1 saturated carbocycles. The van der Waals surface area contributed by atoms with E-state index in [4.69, 9.17) is 11.6 Å². The summed E-state index contributed by atoms with van der Waals surface area (Å²) in [5, 5.41) is 3.65. The smallest absolute Gasteiger partial charge is 0.224 e. The first kappa shape index (κ1) is 11.2. The van der Waals surface area contributed by atoms with Crippen LogP contribution in [0.3, 0.4) is 0 Å². The van der Waals surface area contributed by atoms with Crippen molar-refractivity contribution in [2.45, 2.75) is 25.3 Å². The van der Waals surface area contributed by atoms with Crippen LogP contribution in [0.2, 0.25) is 5.28 Å². The second-order valence-electron chi connectivity index (χ2n) is 4.97. The van der Waals surface area contributed by atoms with Gasteiger partial charge in [-0.15, -0.1) is 0 Å². The number of aromatic nitrogens is 2. The Bertz CT molecular complexity index is 394. The predicted octanol–water partition coefficient (Wildman–Crippen LogP) is 2.03. The van der Waals surface area contributed by atoms with E-state index in [1.165, 1.54) is 32.4 Å². The minimum absolute atomic E-state index is 0.307. The summed E-state index contributed by atoms with van der Waals surface area (Å²) < 4.78 is 0. The standard InChI is InChI=1S/C12H17ClN4/c13-12-14-5-3-11(16-12)15-7-9-4-6-17(8-9)10-1-2-10/h3,5,9-10H,1-2,4,6-8H2,(H,14,15,16). The van der Waals surface area contributed by atoms with Gasteiger partial charge in [0.1, 0.15) is 5.82 Å². The van der Waals surface area contributed by atoms with Gasteiger partial charge in [-0.25, -0.2) is 9.97 Å². The first-order valence-electron chi connectivity index (χ1n) is 6.28. The molecular weight excluding hydrogens is 236 g/mol. The predicted molar refractivity (Wildman–Crippen MR) is 68.2 cm³/mol. The number of halogens is 1. The van der Waals surface area contributed by atoms with Crippen molar-refractivity contribution in [1.82, 2.24) is 14.9 Å². The molecule has 0 spiro atoms. The van der Waals surface area contributed by atoms with Gasteiger partial charge in [0.15, 0.2) is 0 Å². The van der Waals surface area contributed by atoms with E-state index in [1.54, 1.807) is 6.20 Å². The fourth-order valence-electron chi connectivity index (χ4n) is 2.48. The Morgan fingerprint density at radius 1 is 1.41 bits per heavy atom. The van der Waals surface area contributed by atoms with E-state index in [0.29, 0.717) is 5.28 Å². The van der Waals surface area contributed by atoms with Crippen LogP contribution in [0.1, 0.15) is 19.3 Å². The first-order valence-corrected chi connectivity index (χ1v) is 6.65. The van der Waals surface area contributed by atoms with Crippen molar-refractivity contribution in [2.24, 2.45) is 5.92 Å². The van der Waals surface area contributed by atoms with Gasteiger partial charge in [0.25, 0.3) is 0 Å². The van der Waals surface area contributed by atoms with Crippen LogP contribution < -0.4 is 5.32 Å². The van der Waals surface area contributed by atoms with Crippen LogP contribution in [0.25, 0.3) is 0 Å². The molecule has 0 radical (unpaired) electrons. The van der Waals surface area contributed by atoms with Gasteiger partial charge in [-0.1, -0.05) is 0 Å². The third kappa shape index (κ3) is 2.87. The molecule has 2 heterocycles. The lowest BCUT2D eigenvalue weighted by atomic mass is 10.1. The number of nitrogens with zero attached hydrogens (tertiary/aromatic N) is 3. The van der Waals surface area contributed by atoms with Crippen molar-refractivity contribution < 1.29 is 0 Å². The monoisotopic (exact) mass is 252 g/mol. The van der Waals surface area contributed by atoms with Gasteiger partial charge < -0.3 is 10.2 Å². The Labute approximate surface area is 106 Å². The highest BCUT2D eigenvalue weighted by molar-refractivity contribution is 6.28. The molecule has 1 aliphatic heterocycles. The number of nitrogens with one attached hydrogen (secondary N) is 1. The zero-order chi connectivity index (χ0) is 11.7. The molecule has 1 saturated heterocycles. The Kier molecular flexibility index (Phi) is 3.16. The molecule has 5 heteroatoms. The molecule has 0 bridgehead atoms. The molecule has 1 aromatic rings. The third-order valence-corrected chi connectivity index (χ3v) is 3.76. The summed E-state index contributed by atoms with van der Waals surface area (Å²) in [5.41, 5.74) is 0. The Hall–Kier alpha value is -0.870. The van der Waals surface area contributed by atoms with Crippen molar-refractivity contribution in [3.63, 3.8) is 0 Å². The van der Waals surface area contributed by atoms with Crippen molar-refractivity contribution in [2.75, 3.05) is 25.0 Å². The third-order valence-electron chi connectivity index (χ3n) is 3.58. The minimum atomic E-state index is 0.307. The van der Waals surface area contributed by atoms with E-state index in [1.807, 2.05) is 6.07 Å². The zero-order valence-corrected chi connectivity index (χ0v) is 10.5. The quantitative estimate of drug-likeness (QED) is 0.833. The molecule has 1 aliphatic carbocycles. The van der Waals surface area contributed by atoms with Crippen molar-refractivity contribution in [3.8, 4) is 0 Å². The molecule has 3 rings (SSSR count). The highest BCUT2D eigenvalue weighted by atomic mass is 35.5. The fraction of sp³-hybridized carbons (Fsp3) is 0.667. The lowest BCUT2D eigenvalue weighted by molar-refractivity contribution is 0.316. The van der Waals surface area contributed by atoms with Gasteiger partial charge in [0.05, 0.1) is 0 Å². The molecule has 1 N–H and O–H groups in total. The van der Waals surface area contributed by atoms with Gasteiger partial charge in [-0.2, -0.15) is 0 Å². The molecule has 0 amide bonds. The summed E-state index contributed by atoms with van der Waals surface area (Å²) in [7, 11) is 0. The molecule has 1 unspecified atom stereocenters. The van der Waals surface area contributed by atoms with Gasteiger partial charge >= 0.3 is 0 Å². The number of hydrogen-bond acceptors (Lipinski definition) is 4. The highest BCUT2D eigenvalue weighted by Crippen LogP contribution is 2.31. The summed E-state index contributed by atoms with van der Waals surface area (Å²) in [6, 6.07) is 2.76. The van der Waals surface area contributed by atoms with E-state index in [2.05, 4.69) is 20.2 Å². The molecule has 1 aromatic heterocycles. The second kappa shape index (κ2) is 4.78. The van der Waals surface area contributed by atoms with E-state index < -0.39 is 0 Å². The lowest BCUT2D eigenvalue weighted by Gasteiger charge is -2.15. The summed E-state index contributed by atoms with van der Waals surface area (Å²) in [6.07, 6.45) is 5.79. The zero-order valence-electron chi connectivity index (χ0n) is 9.77. The fourth-order valence-corrected chi connectivity index (χ4v) is 2.63. The summed E-state index contributed by atoms with van der Waals surface area (Å²) in [4.78, 5) is 10.6. The van der Waals surface area contributed by atoms with E-state index in [9.17, 15) is 0 Å². The molecule has 17 heavy (non-hydrogen) atoms. The Morgan fingerprint density at radius 2 is 2.29 bits per heavy atom. The van der Waals surface area contributed by atoms with Crippen LogP contribution in [-0.4, -0.2) is 40.5 Å². The largest absolute Gasteiger partial charge is 0.370 e. The van der Waals surface area contributed by atoms with Crippen LogP contribution in [0, 0.1) is 5.92 Å². The molecule has 0 aromatic carbocycles. The Balaban J connectivity index is 1.48. The van der Waals surface area contributed by atoms with Crippen molar-refractivity contribution >= 4 is 17.4 Å². The van der Waals surface area contributed by atoms with Crippen LogP contribution in [-0.2, 0) is 0 Å². The Morgan fingerprint density at radius 3 is 3.06 bits per heavy atom. The lowest BCUT2D eigenvalue weighted by Crippen LogP contribution is -2.24. The maximum atomic E-state index is 5.74. The van der Waals surface area contributed by atoms with Gasteiger partial charge in [-0.3, -0.25) is 0 Å². The molecule has 92 valence electrons. The minimum Gasteiger partial charge on any atom is -0.370 e. The van der Waals surface area contributed by atoms with Crippen molar-refractivity contribution in [1.29, 1.82) is 0 Å². The van der Waals surface area contributed by atoms with E-state index in [0.717, 1.165) is 24.3 Å². The number of anilines is 1. The van der Waals surface area contributed by atoms with Gasteiger partial charge in [0.2, 0.25) is 5.28 Å². The number of likely N-dealkylation sites (tertiary alicyclic amines) is 1. The average Bonchev–Trinajstić information content (AvgIpc) is 3.07. The SMILES string of the molecule is Clc1nccc(NCC2CCN(C3CC3)C2)n1. The van der Waals surface area contributed by atoms with Gasteiger partial charge in [0, 0.05) is 25.3 Å². The maximum Gasteiger partial charge on any atom is 0.224 e. The highest BCUT2D eigenvalue weighted by Gasteiger charge is 2.34. The number of hydrogen-bond donors (Lipinski definition) is 1. The van der Waals surface area contributed by atoms with Crippen molar-refractivity contribution in [3.05, 3.63) is 17.5 Å². The van der Waals surface area contributed by atoms with Crippen LogP contribution in [0.4, 0.5) is 5.82 Å². The molecule has 2 aliphatic rings. The van der Waals surface area contributed by atoms with Gasteiger partial charge in [-0.05, 0) is 49.4 Å². The summed E-state index contributed by atoms with van der Waals surface area (Å²) >= 11 is 5.74. The normalized spacial score (nSPS) is 25.1. The van der Waals surface area contributed by atoms with Crippen LogP contribution in [0.5, 0.6) is 0 Å². The second-order valence-corrected chi connectivity index (χ2v) is 5.31. The molecular formula is C12H17ClN4. The summed E-state index contributed by atoms with van der Waals surface area (Å²) in [5.74, 6) is 1.57. The first-order chi connectivity index (χ1) is 8.31. The van der Waals surface area contributed by atoms with Crippen LogP contribution in [0.15, 0.2) is 12.3 Å². The van der Waals surface area contributed by atoms with Crippen LogP contribution >= 0.6 is 11.6 Å². The topological polar surface area (TPSA) is 41.1 Å². The molecule has 4 nitrogen and oxygen atoms in total.